The number of carbonyl (C=O) groups excluding carboxylic acids is 4. The number of ketones is 2. The summed E-state index contributed by atoms with van der Waals surface area (Å²) in [5.41, 5.74) is -2.14. The Morgan fingerprint density at radius 1 is 0.568 bits per heavy atom. The van der Waals surface area contributed by atoms with Crippen molar-refractivity contribution >= 4 is 23.8 Å². The summed E-state index contributed by atoms with van der Waals surface area (Å²) in [4.78, 5) is 47.7. The molecule has 0 aliphatic heterocycles. The van der Waals surface area contributed by atoms with E-state index in [0.717, 1.165) is 25.7 Å². The molecule has 2 aromatic rings. The van der Waals surface area contributed by atoms with Crippen LogP contribution >= 0.6 is 0 Å². The largest absolute Gasteiger partial charge is 0.490 e. The van der Waals surface area contributed by atoms with Gasteiger partial charge in [-0.3, -0.25) is 9.59 Å². The van der Waals surface area contributed by atoms with E-state index < -0.39 is 23.4 Å². The lowest BCUT2D eigenvalue weighted by molar-refractivity contribution is 0.0487. The van der Waals surface area contributed by atoms with E-state index in [1.807, 2.05) is 0 Å². The SMILES string of the molecule is CC(C)(O)C(=O)c1ccc(OCCOC(=O)NCCCCCCNC(=O)OCCOc2ccc(C(=O)C(C)(C)O)cc2)cc1. The number of unbranched alkanes of at least 4 members (excludes halogenated alkanes) is 3. The highest BCUT2D eigenvalue weighted by molar-refractivity contribution is 6.02. The van der Waals surface area contributed by atoms with E-state index in [4.69, 9.17) is 18.9 Å². The van der Waals surface area contributed by atoms with Crippen molar-refractivity contribution in [1.29, 1.82) is 0 Å². The second-order valence-corrected chi connectivity index (χ2v) is 11.1. The first-order valence-corrected chi connectivity index (χ1v) is 14.6. The summed E-state index contributed by atoms with van der Waals surface area (Å²) in [6.07, 6.45) is 2.17. The smallest absolute Gasteiger partial charge is 0.407 e. The van der Waals surface area contributed by atoms with Gasteiger partial charge in [-0.2, -0.15) is 0 Å². The molecule has 0 fully saturated rings. The number of ether oxygens (including phenoxy) is 4. The van der Waals surface area contributed by atoms with E-state index in [-0.39, 0.29) is 38.0 Å². The third kappa shape index (κ3) is 13.9. The maximum Gasteiger partial charge on any atom is 0.407 e. The molecule has 0 aliphatic carbocycles. The fourth-order valence-electron chi connectivity index (χ4n) is 3.79. The average molecular weight is 617 g/mol. The number of hydrogen-bond acceptors (Lipinski definition) is 10. The average Bonchev–Trinajstić information content (AvgIpc) is 2.97. The Morgan fingerprint density at radius 3 is 1.23 bits per heavy atom. The maximum absolute atomic E-state index is 12.0. The molecule has 0 bridgehead atoms. The summed E-state index contributed by atoms with van der Waals surface area (Å²) in [6.45, 7) is 7.06. The van der Waals surface area contributed by atoms with Gasteiger partial charge in [-0.1, -0.05) is 12.8 Å². The van der Waals surface area contributed by atoms with Gasteiger partial charge < -0.3 is 39.8 Å². The van der Waals surface area contributed by atoms with Gasteiger partial charge in [0.05, 0.1) is 0 Å². The minimum absolute atomic E-state index is 0.0589. The number of amides is 2. The number of hydrogen-bond donors (Lipinski definition) is 4. The van der Waals surface area contributed by atoms with Gasteiger partial charge in [0.15, 0.2) is 11.6 Å². The summed E-state index contributed by atoms with van der Waals surface area (Å²) in [7, 11) is 0. The summed E-state index contributed by atoms with van der Waals surface area (Å²) >= 11 is 0. The summed E-state index contributed by atoms with van der Waals surface area (Å²) in [5.74, 6) is 0.260. The van der Waals surface area contributed by atoms with Crippen LogP contribution in [-0.2, 0) is 9.47 Å². The Bertz CT molecular complexity index is 1100. The summed E-state index contributed by atoms with van der Waals surface area (Å²) in [6, 6.07) is 12.7. The van der Waals surface area contributed by atoms with E-state index in [1.54, 1.807) is 48.5 Å². The highest BCUT2D eigenvalue weighted by Crippen LogP contribution is 2.18. The second-order valence-electron chi connectivity index (χ2n) is 11.1. The van der Waals surface area contributed by atoms with Gasteiger partial charge in [-0.05, 0) is 89.1 Å². The Balaban J connectivity index is 1.42. The van der Waals surface area contributed by atoms with Crippen LogP contribution in [0.3, 0.4) is 0 Å². The van der Waals surface area contributed by atoms with Crippen molar-refractivity contribution < 1.29 is 48.3 Å². The fraction of sp³-hybridized carbons (Fsp3) is 0.500. The van der Waals surface area contributed by atoms with Crippen LogP contribution in [0.25, 0.3) is 0 Å². The molecule has 0 saturated heterocycles. The second kappa shape index (κ2) is 17.8. The Labute approximate surface area is 258 Å². The number of nitrogens with one attached hydrogen (secondary N) is 2. The fourth-order valence-corrected chi connectivity index (χ4v) is 3.79. The lowest BCUT2D eigenvalue weighted by atomic mass is 9.97. The van der Waals surface area contributed by atoms with Crippen LogP contribution in [0.4, 0.5) is 9.59 Å². The first kappa shape index (κ1) is 36.0. The van der Waals surface area contributed by atoms with E-state index in [0.29, 0.717) is 35.7 Å². The molecular formula is C32H44N2O10. The third-order valence-electron chi connectivity index (χ3n) is 6.16. The minimum atomic E-state index is -1.45. The van der Waals surface area contributed by atoms with Crippen LogP contribution in [0.1, 0.15) is 74.1 Å². The van der Waals surface area contributed by atoms with Gasteiger partial charge in [0.25, 0.3) is 0 Å². The van der Waals surface area contributed by atoms with Crippen molar-refractivity contribution in [3.63, 3.8) is 0 Å². The number of carbonyl (C=O) groups is 4. The molecular weight excluding hydrogens is 572 g/mol. The molecule has 0 spiro atoms. The molecule has 0 heterocycles. The van der Waals surface area contributed by atoms with Gasteiger partial charge in [0.1, 0.15) is 49.1 Å². The molecule has 0 unspecified atom stereocenters. The lowest BCUT2D eigenvalue weighted by Gasteiger charge is -2.15. The molecule has 2 rings (SSSR count). The van der Waals surface area contributed by atoms with Gasteiger partial charge in [-0.25, -0.2) is 9.59 Å². The first-order valence-electron chi connectivity index (χ1n) is 14.6. The molecule has 0 aliphatic rings. The Morgan fingerprint density at radius 2 is 0.909 bits per heavy atom. The minimum Gasteiger partial charge on any atom is -0.490 e. The molecule has 12 heteroatoms. The number of alkyl carbamates (subject to hydrolysis) is 2. The van der Waals surface area contributed by atoms with E-state index >= 15 is 0 Å². The standard InChI is InChI=1S/C32H44N2O10/c1-31(2,39)27(35)23-9-13-25(14-10-23)41-19-21-43-29(37)33-17-7-5-6-8-18-34-30(38)44-22-20-42-26-15-11-24(12-16-26)28(36)32(3,4)40/h9-16,39-40H,5-8,17-22H2,1-4H3,(H,33,37)(H,34,38). The molecule has 12 nitrogen and oxygen atoms in total. The van der Waals surface area contributed by atoms with E-state index in [9.17, 15) is 29.4 Å². The topological polar surface area (TPSA) is 170 Å². The van der Waals surface area contributed by atoms with Gasteiger partial charge >= 0.3 is 12.2 Å². The molecule has 2 amide bonds. The highest BCUT2D eigenvalue weighted by atomic mass is 16.6. The van der Waals surface area contributed by atoms with Crippen LogP contribution < -0.4 is 20.1 Å². The molecule has 0 radical (unpaired) electrons. The predicted molar refractivity (Wildman–Crippen MR) is 162 cm³/mol. The van der Waals surface area contributed by atoms with Crippen molar-refractivity contribution in [3.05, 3.63) is 59.7 Å². The van der Waals surface area contributed by atoms with Crippen molar-refractivity contribution in [2.24, 2.45) is 0 Å². The number of rotatable bonds is 19. The predicted octanol–water partition coefficient (Wildman–Crippen LogP) is 4.06. The van der Waals surface area contributed by atoms with Crippen molar-refractivity contribution in [2.45, 2.75) is 64.6 Å². The van der Waals surface area contributed by atoms with Crippen molar-refractivity contribution in [1.82, 2.24) is 10.6 Å². The zero-order valence-corrected chi connectivity index (χ0v) is 25.9. The number of benzene rings is 2. The zero-order chi connectivity index (χ0) is 32.6. The summed E-state index contributed by atoms with van der Waals surface area (Å²) < 4.78 is 21.2. The van der Waals surface area contributed by atoms with Crippen LogP contribution in [-0.4, -0.2) is 84.7 Å². The van der Waals surface area contributed by atoms with Crippen LogP contribution in [0.5, 0.6) is 11.5 Å². The van der Waals surface area contributed by atoms with Crippen molar-refractivity contribution in [3.8, 4) is 11.5 Å². The van der Waals surface area contributed by atoms with Gasteiger partial charge in [-0.15, -0.1) is 0 Å². The monoisotopic (exact) mass is 616 g/mol. The molecule has 0 aromatic heterocycles. The molecule has 0 saturated carbocycles. The van der Waals surface area contributed by atoms with Crippen molar-refractivity contribution in [2.75, 3.05) is 39.5 Å². The summed E-state index contributed by atoms with van der Waals surface area (Å²) in [5, 5.41) is 24.9. The lowest BCUT2D eigenvalue weighted by Crippen LogP contribution is -2.31. The van der Waals surface area contributed by atoms with Crippen LogP contribution in [0.2, 0.25) is 0 Å². The normalized spacial score (nSPS) is 11.3. The van der Waals surface area contributed by atoms with Gasteiger partial charge in [0.2, 0.25) is 0 Å². The molecule has 2 aromatic carbocycles. The molecule has 242 valence electrons. The zero-order valence-electron chi connectivity index (χ0n) is 25.9. The number of Topliss-reactive ketones (excluding diaryl/α,β-unsaturated/α-hetero) is 2. The molecule has 4 N–H and O–H groups in total. The van der Waals surface area contributed by atoms with Gasteiger partial charge in [0, 0.05) is 24.2 Å². The number of aliphatic hydroxyl groups is 2. The van der Waals surface area contributed by atoms with Crippen LogP contribution in [0.15, 0.2) is 48.5 Å². The van der Waals surface area contributed by atoms with Crippen LogP contribution in [0, 0.1) is 0 Å². The maximum atomic E-state index is 12.0. The van der Waals surface area contributed by atoms with E-state index in [2.05, 4.69) is 10.6 Å². The molecule has 0 atom stereocenters. The third-order valence-corrected chi connectivity index (χ3v) is 6.16. The Hall–Kier alpha value is -4.16. The first-order chi connectivity index (χ1) is 20.8. The van der Waals surface area contributed by atoms with E-state index in [1.165, 1.54) is 27.7 Å². The molecule has 44 heavy (non-hydrogen) atoms. The Kier molecular flexibility index (Phi) is 14.6. The quantitative estimate of drug-likeness (QED) is 0.133. The highest BCUT2D eigenvalue weighted by Gasteiger charge is 2.25.